The van der Waals surface area contributed by atoms with Gasteiger partial charge in [-0.15, -0.1) is 0 Å². The van der Waals surface area contributed by atoms with Crippen LogP contribution in [0, 0.1) is 6.92 Å². The SMILES string of the molecule is Cc1c(N)nc(C2CC2)nc1N1CCSC(C)C1C. The Balaban J connectivity index is 1.98. The second kappa shape index (κ2) is 4.85. The molecule has 0 amide bonds. The fourth-order valence-electron chi connectivity index (χ4n) is 2.57. The van der Waals surface area contributed by atoms with Gasteiger partial charge in [0.1, 0.15) is 17.5 Å². The van der Waals surface area contributed by atoms with Gasteiger partial charge in [0.2, 0.25) is 0 Å². The molecule has 1 aliphatic heterocycles. The Morgan fingerprint density at radius 1 is 1.26 bits per heavy atom. The molecule has 2 N–H and O–H groups in total. The molecule has 1 saturated carbocycles. The van der Waals surface area contributed by atoms with E-state index in [2.05, 4.69) is 23.7 Å². The fraction of sp³-hybridized carbons (Fsp3) is 0.714. The van der Waals surface area contributed by atoms with Crippen molar-refractivity contribution < 1.29 is 0 Å². The highest BCUT2D eigenvalue weighted by Crippen LogP contribution is 2.40. The number of hydrogen-bond donors (Lipinski definition) is 1. The summed E-state index contributed by atoms with van der Waals surface area (Å²) in [6.07, 6.45) is 2.42. The third-order valence-corrected chi connectivity index (χ3v) is 5.61. The van der Waals surface area contributed by atoms with Crippen molar-refractivity contribution in [3.63, 3.8) is 0 Å². The maximum atomic E-state index is 6.09. The van der Waals surface area contributed by atoms with Gasteiger partial charge in [-0.05, 0) is 26.7 Å². The zero-order valence-electron chi connectivity index (χ0n) is 11.9. The molecule has 0 aromatic carbocycles. The molecule has 1 aromatic rings. The summed E-state index contributed by atoms with van der Waals surface area (Å²) in [7, 11) is 0. The monoisotopic (exact) mass is 278 g/mol. The predicted octanol–water partition coefficient (Wildman–Crippen LogP) is 2.57. The summed E-state index contributed by atoms with van der Waals surface area (Å²) in [4.78, 5) is 11.7. The Labute approximate surface area is 119 Å². The van der Waals surface area contributed by atoms with Gasteiger partial charge in [0.25, 0.3) is 0 Å². The first-order valence-electron chi connectivity index (χ1n) is 7.10. The lowest BCUT2D eigenvalue weighted by Gasteiger charge is -2.39. The van der Waals surface area contributed by atoms with E-state index in [1.54, 1.807) is 0 Å². The zero-order chi connectivity index (χ0) is 13.6. The molecule has 4 nitrogen and oxygen atoms in total. The summed E-state index contributed by atoms with van der Waals surface area (Å²) in [6.45, 7) is 7.67. The summed E-state index contributed by atoms with van der Waals surface area (Å²) < 4.78 is 0. The maximum Gasteiger partial charge on any atom is 0.137 e. The second-order valence-electron chi connectivity index (χ2n) is 5.70. The number of anilines is 2. The minimum Gasteiger partial charge on any atom is -0.383 e. The van der Waals surface area contributed by atoms with Crippen molar-refractivity contribution >= 4 is 23.4 Å². The van der Waals surface area contributed by atoms with Gasteiger partial charge >= 0.3 is 0 Å². The number of rotatable bonds is 2. The molecule has 2 fully saturated rings. The molecule has 19 heavy (non-hydrogen) atoms. The average molecular weight is 278 g/mol. The number of hydrogen-bond acceptors (Lipinski definition) is 5. The number of nitrogens with zero attached hydrogens (tertiary/aromatic N) is 3. The Hall–Kier alpha value is -0.970. The molecular weight excluding hydrogens is 256 g/mol. The Bertz CT molecular complexity index is 487. The van der Waals surface area contributed by atoms with Gasteiger partial charge in [-0.3, -0.25) is 0 Å². The molecular formula is C14H22N4S. The van der Waals surface area contributed by atoms with E-state index in [1.807, 2.05) is 18.7 Å². The van der Waals surface area contributed by atoms with Crippen molar-refractivity contribution in [3.05, 3.63) is 11.4 Å². The molecule has 5 heteroatoms. The number of aromatic nitrogens is 2. The van der Waals surface area contributed by atoms with E-state index in [0.29, 0.717) is 23.0 Å². The first kappa shape index (κ1) is 13.0. The van der Waals surface area contributed by atoms with Gasteiger partial charge in [0.15, 0.2) is 0 Å². The summed E-state index contributed by atoms with van der Waals surface area (Å²) in [5, 5.41) is 0.633. The molecule has 3 rings (SSSR count). The molecule has 2 atom stereocenters. The van der Waals surface area contributed by atoms with Gasteiger partial charge in [-0.25, -0.2) is 9.97 Å². The summed E-state index contributed by atoms with van der Waals surface area (Å²) in [5.74, 6) is 4.39. The Morgan fingerprint density at radius 3 is 2.68 bits per heavy atom. The molecule has 1 aromatic heterocycles. The number of nitrogen functional groups attached to an aromatic ring is 1. The normalized spacial score (nSPS) is 27.6. The quantitative estimate of drug-likeness (QED) is 0.901. The van der Waals surface area contributed by atoms with Crippen LogP contribution in [0.3, 0.4) is 0 Å². The predicted molar refractivity (Wildman–Crippen MR) is 81.9 cm³/mol. The molecule has 2 heterocycles. The van der Waals surface area contributed by atoms with Crippen molar-refractivity contribution in [2.75, 3.05) is 22.9 Å². The van der Waals surface area contributed by atoms with Crippen LogP contribution in [0.2, 0.25) is 0 Å². The molecule has 2 unspecified atom stereocenters. The highest BCUT2D eigenvalue weighted by molar-refractivity contribution is 8.00. The maximum absolute atomic E-state index is 6.09. The lowest BCUT2D eigenvalue weighted by Crippen LogP contribution is -2.45. The van der Waals surface area contributed by atoms with Gasteiger partial charge in [-0.1, -0.05) is 6.92 Å². The third-order valence-electron chi connectivity index (χ3n) is 4.27. The largest absolute Gasteiger partial charge is 0.383 e. The molecule has 0 spiro atoms. The van der Waals surface area contributed by atoms with Gasteiger partial charge in [0.05, 0.1) is 0 Å². The molecule has 1 aliphatic carbocycles. The van der Waals surface area contributed by atoms with E-state index >= 15 is 0 Å². The van der Waals surface area contributed by atoms with Crippen LogP contribution < -0.4 is 10.6 Å². The van der Waals surface area contributed by atoms with Crippen LogP contribution >= 0.6 is 11.8 Å². The second-order valence-corrected chi connectivity index (χ2v) is 7.18. The minimum absolute atomic E-state index is 0.499. The van der Waals surface area contributed by atoms with Crippen LogP contribution in [0.1, 0.15) is 44.0 Å². The van der Waals surface area contributed by atoms with Crippen LogP contribution in [0.5, 0.6) is 0 Å². The van der Waals surface area contributed by atoms with E-state index in [-0.39, 0.29) is 0 Å². The van der Waals surface area contributed by atoms with E-state index in [0.717, 1.165) is 29.5 Å². The van der Waals surface area contributed by atoms with Gasteiger partial charge in [-0.2, -0.15) is 11.8 Å². The van der Waals surface area contributed by atoms with Gasteiger partial charge < -0.3 is 10.6 Å². The van der Waals surface area contributed by atoms with Crippen LogP contribution in [0.25, 0.3) is 0 Å². The molecule has 1 saturated heterocycles. The topological polar surface area (TPSA) is 55.0 Å². The van der Waals surface area contributed by atoms with Crippen LogP contribution in [0.4, 0.5) is 11.6 Å². The average Bonchev–Trinajstić information content (AvgIpc) is 3.20. The summed E-state index contributed by atoms with van der Waals surface area (Å²) >= 11 is 2.04. The van der Waals surface area contributed by atoms with Crippen molar-refractivity contribution in [2.45, 2.75) is 50.8 Å². The minimum atomic E-state index is 0.499. The highest BCUT2D eigenvalue weighted by Gasteiger charge is 2.31. The van der Waals surface area contributed by atoms with Crippen molar-refractivity contribution in [2.24, 2.45) is 0 Å². The Morgan fingerprint density at radius 2 is 2.00 bits per heavy atom. The van der Waals surface area contributed by atoms with Crippen molar-refractivity contribution in [3.8, 4) is 0 Å². The molecule has 0 radical (unpaired) electrons. The zero-order valence-corrected chi connectivity index (χ0v) is 12.7. The lowest BCUT2D eigenvalue weighted by atomic mass is 10.1. The summed E-state index contributed by atoms with van der Waals surface area (Å²) in [5.41, 5.74) is 7.13. The smallest absolute Gasteiger partial charge is 0.137 e. The van der Waals surface area contributed by atoms with Crippen molar-refractivity contribution in [1.82, 2.24) is 9.97 Å². The highest BCUT2D eigenvalue weighted by atomic mass is 32.2. The first-order chi connectivity index (χ1) is 9.08. The number of nitrogens with two attached hydrogens (primary N) is 1. The first-order valence-corrected chi connectivity index (χ1v) is 8.15. The van der Waals surface area contributed by atoms with E-state index in [1.165, 1.54) is 12.8 Å². The number of thioether (sulfide) groups is 1. The van der Waals surface area contributed by atoms with Gasteiger partial charge in [0, 0.05) is 35.1 Å². The van der Waals surface area contributed by atoms with E-state index in [9.17, 15) is 0 Å². The van der Waals surface area contributed by atoms with Crippen LogP contribution in [-0.2, 0) is 0 Å². The molecule has 104 valence electrons. The van der Waals surface area contributed by atoms with E-state index in [4.69, 9.17) is 10.7 Å². The van der Waals surface area contributed by atoms with E-state index < -0.39 is 0 Å². The Kier molecular flexibility index (Phi) is 3.33. The lowest BCUT2D eigenvalue weighted by molar-refractivity contribution is 0.616. The van der Waals surface area contributed by atoms with Crippen LogP contribution in [-0.4, -0.2) is 33.6 Å². The van der Waals surface area contributed by atoms with Crippen molar-refractivity contribution in [1.29, 1.82) is 0 Å². The third kappa shape index (κ3) is 2.40. The molecule has 2 aliphatic rings. The summed E-state index contributed by atoms with van der Waals surface area (Å²) in [6, 6.07) is 0.499. The fourth-order valence-corrected chi connectivity index (χ4v) is 3.67. The standard InChI is InChI=1S/C14H22N4S/c1-8-12(15)16-13(11-4-5-11)17-14(8)18-6-7-19-10(3)9(18)2/h9-11H,4-7H2,1-3H3,(H2,15,16,17). The van der Waals surface area contributed by atoms with Crippen LogP contribution in [0.15, 0.2) is 0 Å². The molecule has 0 bridgehead atoms.